The number of carbonyl (C=O) groups excluding carboxylic acids is 1. The molecule has 34 heavy (non-hydrogen) atoms. The van der Waals surface area contributed by atoms with Crippen LogP contribution in [0.15, 0.2) is 67.0 Å². The number of amides is 1. The zero-order valence-corrected chi connectivity index (χ0v) is 19.3. The van der Waals surface area contributed by atoms with E-state index in [1.807, 2.05) is 53.4 Å². The largest absolute Gasteiger partial charge is 0.437 e. The topological polar surface area (TPSA) is 67.8 Å². The highest BCUT2D eigenvalue weighted by Gasteiger charge is 2.30. The number of ether oxygens (including phenoxy) is 2. The minimum atomic E-state index is 0.0801. The summed E-state index contributed by atoms with van der Waals surface area (Å²) in [6.45, 7) is 5.40. The van der Waals surface area contributed by atoms with Gasteiger partial charge >= 0.3 is 0 Å². The quantitative estimate of drug-likeness (QED) is 0.554. The third kappa shape index (κ3) is 5.26. The molecule has 0 bridgehead atoms. The molecular formula is C27H30N4O3. The van der Waals surface area contributed by atoms with E-state index in [4.69, 9.17) is 9.47 Å². The molecule has 3 aromatic rings. The minimum Gasteiger partial charge on any atom is -0.437 e. The number of aromatic nitrogens is 2. The molecule has 1 atom stereocenters. The average molecular weight is 459 g/mol. The van der Waals surface area contributed by atoms with Gasteiger partial charge in [0.15, 0.2) is 0 Å². The van der Waals surface area contributed by atoms with Crippen LogP contribution < -0.4 is 4.74 Å². The van der Waals surface area contributed by atoms with Gasteiger partial charge in [-0.05, 0) is 36.6 Å². The van der Waals surface area contributed by atoms with E-state index in [1.54, 1.807) is 12.4 Å². The van der Waals surface area contributed by atoms with Crippen molar-refractivity contribution < 1.29 is 14.3 Å². The van der Waals surface area contributed by atoms with Crippen molar-refractivity contribution in [1.82, 2.24) is 19.8 Å². The Bertz CT molecular complexity index is 1100. The molecule has 0 unspecified atom stereocenters. The van der Waals surface area contributed by atoms with Crippen molar-refractivity contribution in [3.63, 3.8) is 0 Å². The molecule has 2 fully saturated rings. The first-order chi connectivity index (χ1) is 16.8. The summed E-state index contributed by atoms with van der Waals surface area (Å²) < 4.78 is 11.5. The third-order valence-electron chi connectivity index (χ3n) is 6.49. The van der Waals surface area contributed by atoms with Crippen molar-refractivity contribution in [3.05, 3.63) is 83.8 Å². The second-order valence-corrected chi connectivity index (χ2v) is 8.80. The molecule has 0 spiro atoms. The van der Waals surface area contributed by atoms with Crippen molar-refractivity contribution in [2.45, 2.75) is 25.3 Å². The lowest BCUT2D eigenvalue weighted by Crippen LogP contribution is -2.40. The fourth-order valence-electron chi connectivity index (χ4n) is 4.72. The lowest BCUT2D eigenvalue weighted by Gasteiger charge is -2.33. The van der Waals surface area contributed by atoms with Gasteiger partial charge in [0.1, 0.15) is 11.4 Å². The highest BCUT2D eigenvalue weighted by molar-refractivity contribution is 5.95. The Morgan fingerprint density at radius 2 is 1.74 bits per heavy atom. The third-order valence-corrected chi connectivity index (χ3v) is 6.49. The molecule has 0 N–H and O–H groups in total. The molecule has 7 nitrogen and oxygen atoms in total. The van der Waals surface area contributed by atoms with Gasteiger partial charge in [-0.15, -0.1) is 0 Å². The fraction of sp³-hybridized carbons (Fsp3) is 0.370. The van der Waals surface area contributed by atoms with Crippen LogP contribution in [0.4, 0.5) is 0 Å². The number of hydrogen-bond donors (Lipinski definition) is 0. The first kappa shape index (κ1) is 22.5. The molecule has 1 amide bonds. The predicted molar refractivity (Wildman–Crippen MR) is 129 cm³/mol. The molecule has 0 radical (unpaired) electrons. The molecule has 176 valence electrons. The Hall–Kier alpha value is -3.29. The molecule has 2 saturated heterocycles. The predicted octanol–water partition coefficient (Wildman–Crippen LogP) is 4.12. The van der Waals surface area contributed by atoms with Crippen molar-refractivity contribution in [2.75, 3.05) is 39.4 Å². The standard InChI is InChI=1S/C27H30N4O3/c32-27(24-11-5-4-7-21(24)19-30-15-17-33-18-16-30)31-14-6-8-22(20-31)25-26(29-13-12-28-25)34-23-9-2-1-3-10-23/h1-5,7,9-13,22H,6,8,14-20H2/t22-/m0/s1. The van der Waals surface area contributed by atoms with Crippen molar-refractivity contribution in [3.8, 4) is 11.6 Å². The summed E-state index contributed by atoms with van der Waals surface area (Å²) in [4.78, 5) is 27.0. The molecule has 7 heteroatoms. The monoisotopic (exact) mass is 458 g/mol. The highest BCUT2D eigenvalue weighted by Crippen LogP contribution is 2.33. The lowest BCUT2D eigenvalue weighted by molar-refractivity contribution is 0.0339. The molecule has 2 aliphatic rings. The van der Waals surface area contributed by atoms with Crippen molar-refractivity contribution >= 4 is 5.91 Å². The summed E-state index contributed by atoms with van der Waals surface area (Å²) in [5.74, 6) is 1.41. The molecular weight excluding hydrogens is 428 g/mol. The average Bonchev–Trinajstić information content (AvgIpc) is 2.90. The molecule has 1 aromatic heterocycles. The summed E-state index contributed by atoms with van der Waals surface area (Å²) in [7, 11) is 0. The summed E-state index contributed by atoms with van der Waals surface area (Å²) >= 11 is 0. The molecule has 2 aliphatic heterocycles. The van der Waals surface area contributed by atoms with Crippen LogP contribution in [0.3, 0.4) is 0 Å². The second-order valence-electron chi connectivity index (χ2n) is 8.80. The number of likely N-dealkylation sites (tertiary alicyclic amines) is 1. The Morgan fingerprint density at radius 1 is 0.971 bits per heavy atom. The first-order valence-corrected chi connectivity index (χ1v) is 12.0. The van der Waals surface area contributed by atoms with Gasteiger partial charge in [0, 0.05) is 56.6 Å². The molecule has 5 rings (SSSR count). The number of nitrogens with zero attached hydrogens (tertiary/aromatic N) is 4. The maximum absolute atomic E-state index is 13.6. The van der Waals surface area contributed by atoms with E-state index in [9.17, 15) is 4.79 Å². The van der Waals surface area contributed by atoms with Crippen LogP contribution in [0.2, 0.25) is 0 Å². The van der Waals surface area contributed by atoms with Crippen LogP contribution in [-0.4, -0.2) is 65.1 Å². The number of para-hydroxylation sites is 1. The Labute approximate surface area is 200 Å². The smallest absolute Gasteiger partial charge is 0.254 e. The molecule has 0 aliphatic carbocycles. The van der Waals surface area contributed by atoms with Crippen LogP contribution in [0, 0.1) is 0 Å². The van der Waals surface area contributed by atoms with Crippen LogP contribution in [0.25, 0.3) is 0 Å². The minimum absolute atomic E-state index is 0.0801. The van der Waals surface area contributed by atoms with Gasteiger partial charge < -0.3 is 14.4 Å². The van der Waals surface area contributed by atoms with E-state index in [-0.39, 0.29) is 11.8 Å². The molecule has 3 heterocycles. The number of benzene rings is 2. The highest BCUT2D eigenvalue weighted by atomic mass is 16.5. The van der Waals surface area contributed by atoms with Crippen LogP contribution in [-0.2, 0) is 11.3 Å². The zero-order chi connectivity index (χ0) is 23.2. The van der Waals surface area contributed by atoms with Crippen LogP contribution in [0.1, 0.15) is 40.4 Å². The van der Waals surface area contributed by atoms with Crippen LogP contribution in [0.5, 0.6) is 11.6 Å². The Balaban J connectivity index is 1.32. The Morgan fingerprint density at radius 3 is 2.59 bits per heavy atom. The molecule has 0 saturated carbocycles. The van der Waals surface area contributed by atoms with E-state index in [1.165, 1.54) is 0 Å². The van der Waals surface area contributed by atoms with Gasteiger partial charge in [-0.25, -0.2) is 4.98 Å². The van der Waals surface area contributed by atoms with E-state index in [0.717, 1.165) is 74.8 Å². The number of piperidine rings is 1. The number of rotatable bonds is 6. The summed E-state index contributed by atoms with van der Waals surface area (Å²) in [5.41, 5.74) is 2.67. The van der Waals surface area contributed by atoms with E-state index < -0.39 is 0 Å². The van der Waals surface area contributed by atoms with Crippen molar-refractivity contribution in [1.29, 1.82) is 0 Å². The fourth-order valence-corrected chi connectivity index (χ4v) is 4.72. The number of hydrogen-bond acceptors (Lipinski definition) is 6. The summed E-state index contributed by atoms with van der Waals surface area (Å²) in [6, 6.07) is 17.6. The molecule has 2 aromatic carbocycles. The second kappa shape index (κ2) is 10.8. The SMILES string of the molecule is O=C(c1ccccc1CN1CCOCC1)N1CCC[C@H](c2nccnc2Oc2ccccc2)C1. The van der Waals surface area contributed by atoms with Gasteiger partial charge in [0.2, 0.25) is 5.88 Å². The van der Waals surface area contributed by atoms with E-state index in [2.05, 4.69) is 20.9 Å². The first-order valence-electron chi connectivity index (χ1n) is 12.0. The van der Waals surface area contributed by atoms with E-state index in [0.29, 0.717) is 12.4 Å². The maximum Gasteiger partial charge on any atom is 0.254 e. The number of morpholine rings is 1. The summed E-state index contributed by atoms with van der Waals surface area (Å²) in [5, 5.41) is 0. The van der Waals surface area contributed by atoms with Gasteiger partial charge in [-0.2, -0.15) is 0 Å². The zero-order valence-electron chi connectivity index (χ0n) is 19.3. The lowest BCUT2D eigenvalue weighted by atomic mass is 9.93. The Kier molecular flexibility index (Phi) is 7.12. The summed E-state index contributed by atoms with van der Waals surface area (Å²) in [6.07, 6.45) is 5.22. The van der Waals surface area contributed by atoms with Crippen molar-refractivity contribution in [2.24, 2.45) is 0 Å². The van der Waals surface area contributed by atoms with E-state index >= 15 is 0 Å². The maximum atomic E-state index is 13.6. The normalized spacial score (nSPS) is 19.1. The van der Waals surface area contributed by atoms with Crippen LogP contribution >= 0.6 is 0 Å². The van der Waals surface area contributed by atoms with Gasteiger partial charge in [0.05, 0.1) is 13.2 Å². The van der Waals surface area contributed by atoms with Gasteiger partial charge in [0.25, 0.3) is 5.91 Å². The van der Waals surface area contributed by atoms with Gasteiger partial charge in [-0.3, -0.25) is 14.7 Å². The number of carbonyl (C=O) groups is 1. The van der Waals surface area contributed by atoms with Gasteiger partial charge in [-0.1, -0.05) is 36.4 Å².